The Kier molecular flexibility index (Phi) is 4.13. The van der Waals surface area contributed by atoms with E-state index in [9.17, 15) is 4.79 Å². The Labute approximate surface area is 115 Å². The Morgan fingerprint density at radius 1 is 1.26 bits per heavy atom. The third-order valence-corrected chi connectivity index (χ3v) is 3.99. The highest BCUT2D eigenvalue weighted by Gasteiger charge is 2.23. The van der Waals surface area contributed by atoms with Gasteiger partial charge >= 0.3 is 5.97 Å². The van der Waals surface area contributed by atoms with Crippen LogP contribution in [0.3, 0.4) is 0 Å². The van der Waals surface area contributed by atoms with Gasteiger partial charge in [0.2, 0.25) is 0 Å². The van der Waals surface area contributed by atoms with Crippen LogP contribution < -0.4 is 5.73 Å². The maximum absolute atomic E-state index is 12.2. The second-order valence-corrected chi connectivity index (χ2v) is 5.82. The summed E-state index contributed by atoms with van der Waals surface area (Å²) in [5, 5.41) is 0. The van der Waals surface area contributed by atoms with Gasteiger partial charge in [0.25, 0.3) is 0 Å². The van der Waals surface area contributed by atoms with Crippen LogP contribution in [0.25, 0.3) is 0 Å². The molecule has 2 N–H and O–H groups in total. The van der Waals surface area contributed by atoms with E-state index in [2.05, 4.69) is 6.92 Å². The second kappa shape index (κ2) is 5.64. The number of nitrogen functional groups attached to an aromatic ring is 1. The Bertz CT molecular complexity index is 482. The van der Waals surface area contributed by atoms with Gasteiger partial charge in [-0.15, -0.1) is 0 Å². The van der Waals surface area contributed by atoms with Crippen LogP contribution in [0.2, 0.25) is 0 Å². The standard InChI is InChI=1S/C16H23NO2/c1-10-5-4-6-13(7-10)19-16(18)14-9-15(17)12(3)8-11(14)2/h8-10,13H,4-7,17H2,1-3H3. The molecule has 1 saturated carbocycles. The number of benzene rings is 1. The van der Waals surface area contributed by atoms with Crippen molar-refractivity contribution in [3.8, 4) is 0 Å². The second-order valence-electron chi connectivity index (χ2n) is 5.82. The molecule has 0 saturated heterocycles. The summed E-state index contributed by atoms with van der Waals surface area (Å²) >= 11 is 0. The number of hydrogen-bond acceptors (Lipinski definition) is 3. The number of rotatable bonds is 2. The van der Waals surface area contributed by atoms with E-state index in [0.29, 0.717) is 17.2 Å². The minimum absolute atomic E-state index is 0.0678. The summed E-state index contributed by atoms with van der Waals surface area (Å²) in [7, 11) is 0. The maximum Gasteiger partial charge on any atom is 0.338 e. The Morgan fingerprint density at radius 3 is 2.68 bits per heavy atom. The van der Waals surface area contributed by atoms with Crippen LogP contribution in [0, 0.1) is 19.8 Å². The van der Waals surface area contributed by atoms with Gasteiger partial charge in [0.1, 0.15) is 6.10 Å². The summed E-state index contributed by atoms with van der Waals surface area (Å²) in [6, 6.07) is 3.68. The predicted molar refractivity (Wildman–Crippen MR) is 77.2 cm³/mol. The molecule has 0 amide bonds. The summed E-state index contributed by atoms with van der Waals surface area (Å²) in [5.41, 5.74) is 9.05. The van der Waals surface area contributed by atoms with E-state index in [4.69, 9.17) is 10.5 Å². The van der Waals surface area contributed by atoms with Gasteiger partial charge in [0.15, 0.2) is 0 Å². The van der Waals surface area contributed by atoms with Crippen molar-refractivity contribution in [2.24, 2.45) is 5.92 Å². The highest BCUT2D eigenvalue weighted by Crippen LogP contribution is 2.27. The fourth-order valence-electron chi connectivity index (χ4n) is 2.79. The summed E-state index contributed by atoms with van der Waals surface area (Å²) < 4.78 is 5.63. The molecule has 1 aliphatic carbocycles. The van der Waals surface area contributed by atoms with E-state index in [-0.39, 0.29) is 12.1 Å². The average molecular weight is 261 g/mol. The summed E-state index contributed by atoms with van der Waals surface area (Å²) in [6.07, 6.45) is 4.42. The van der Waals surface area contributed by atoms with Crippen LogP contribution in [0.4, 0.5) is 5.69 Å². The first kappa shape index (κ1) is 13.9. The molecule has 1 aliphatic rings. The van der Waals surface area contributed by atoms with E-state index < -0.39 is 0 Å². The van der Waals surface area contributed by atoms with Crippen molar-refractivity contribution in [1.29, 1.82) is 0 Å². The zero-order chi connectivity index (χ0) is 14.0. The van der Waals surface area contributed by atoms with Crippen molar-refractivity contribution < 1.29 is 9.53 Å². The van der Waals surface area contributed by atoms with E-state index in [0.717, 1.165) is 30.4 Å². The first-order valence-electron chi connectivity index (χ1n) is 7.05. The number of hydrogen-bond donors (Lipinski definition) is 1. The number of ether oxygens (including phenoxy) is 1. The molecule has 2 rings (SSSR count). The molecule has 3 heteroatoms. The lowest BCUT2D eigenvalue weighted by Crippen LogP contribution is -2.25. The summed E-state index contributed by atoms with van der Waals surface area (Å²) in [5.74, 6) is 0.416. The predicted octanol–water partition coefficient (Wildman–Crippen LogP) is 3.62. The molecule has 0 aliphatic heterocycles. The Hall–Kier alpha value is -1.51. The van der Waals surface area contributed by atoms with Crippen LogP contribution in [-0.4, -0.2) is 12.1 Å². The normalized spacial score (nSPS) is 23.1. The number of aryl methyl sites for hydroxylation is 2. The number of carbonyl (C=O) groups is 1. The van der Waals surface area contributed by atoms with Gasteiger partial charge in [-0.05, 0) is 56.2 Å². The van der Waals surface area contributed by atoms with Gasteiger partial charge < -0.3 is 10.5 Å². The molecule has 3 nitrogen and oxygen atoms in total. The van der Waals surface area contributed by atoms with Gasteiger partial charge in [-0.25, -0.2) is 4.79 Å². The van der Waals surface area contributed by atoms with E-state index in [1.54, 1.807) is 6.07 Å². The molecule has 0 aromatic heterocycles. The molecule has 1 aromatic rings. The van der Waals surface area contributed by atoms with Gasteiger partial charge in [0, 0.05) is 5.69 Å². The molecule has 0 spiro atoms. The SMILES string of the molecule is Cc1cc(C)c(C(=O)OC2CCCC(C)C2)cc1N. The Morgan fingerprint density at radius 2 is 2.00 bits per heavy atom. The van der Waals surface area contributed by atoms with Gasteiger partial charge in [-0.3, -0.25) is 0 Å². The number of nitrogens with two attached hydrogens (primary N) is 1. The molecule has 19 heavy (non-hydrogen) atoms. The fourth-order valence-corrected chi connectivity index (χ4v) is 2.79. The van der Waals surface area contributed by atoms with Crippen molar-refractivity contribution in [2.45, 2.75) is 52.6 Å². The Balaban J connectivity index is 2.09. The lowest BCUT2D eigenvalue weighted by atomic mass is 9.88. The largest absolute Gasteiger partial charge is 0.459 e. The van der Waals surface area contributed by atoms with Crippen molar-refractivity contribution in [1.82, 2.24) is 0 Å². The fraction of sp³-hybridized carbons (Fsp3) is 0.562. The zero-order valence-corrected chi connectivity index (χ0v) is 12.0. The van der Waals surface area contributed by atoms with Gasteiger partial charge in [0.05, 0.1) is 5.56 Å². The van der Waals surface area contributed by atoms with Crippen molar-refractivity contribution in [3.05, 3.63) is 28.8 Å². The third-order valence-electron chi connectivity index (χ3n) is 3.99. The number of esters is 1. The van der Waals surface area contributed by atoms with Crippen molar-refractivity contribution in [2.75, 3.05) is 5.73 Å². The van der Waals surface area contributed by atoms with Crippen molar-refractivity contribution in [3.63, 3.8) is 0 Å². The lowest BCUT2D eigenvalue weighted by Gasteiger charge is -2.26. The van der Waals surface area contributed by atoms with E-state index in [1.165, 1.54) is 6.42 Å². The topological polar surface area (TPSA) is 52.3 Å². The van der Waals surface area contributed by atoms with E-state index in [1.807, 2.05) is 19.9 Å². The average Bonchev–Trinajstić information content (AvgIpc) is 2.33. The monoisotopic (exact) mass is 261 g/mol. The van der Waals surface area contributed by atoms with Crippen LogP contribution in [-0.2, 0) is 4.74 Å². The smallest absolute Gasteiger partial charge is 0.338 e. The molecule has 2 atom stereocenters. The summed E-state index contributed by atoms with van der Waals surface area (Å²) in [4.78, 5) is 12.2. The van der Waals surface area contributed by atoms with Gasteiger partial charge in [-0.2, -0.15) is 0 Å². The molecule has 0 bridgehead atoms. The van der Waals surface area contributed by atoms with Crippen LogP contribution in [0.5, 0.6) is 0 Å². The first-order chi connectivity index (χ1) is 8.97. The highest BCUT2D eigenvalue weighted by atomic mass is 16.5. The molecular weight excluding hydrogens is 238 g/mol. The summed E-state index contributed by atoms with van der Waals surface area (Å²) in [6.45, 7) is 6.09. The minimum Gasteiger partial charge on any atom is -0.459 e. The molecule has 0 heterocycles. The van der Waals surface area contributed by atoms with Crippen LogP contribution >= 0.6 is 0 Å². The van der Waals surface area contributed by atoms with Crippen molar-refractivity contribution >= 4 is 11.7 Å². The minimum atomic E-state index is -0.233. The third kappa shape index (κ3) is 3.28. The van der Waals surface area contributed by atoms with E-state index >= 15 is 0 Å². The van der Waals surface area contributed by atoms with Crippen LogP contribution in [0.1, 0.15) is 54.1 Å². The molecular formula is C16H23NO2. The quantitative estimate of drug-likeness (QED) is 0.653. The number of carbonyl (C=O) groups excluding carboxylic acids is 1. The molecule has 0 radical (unpaired) electrons. The number of anilines is 1. The molecule has 1 aromatic carbocycles. The van der Waals surface area contributed by atoms with Crippen LogP contribution in [0.15, 0.2) is 12.1 Å². The first-order valence-corrected chi connectivity index (χ1v) is 7.05. The lowest BCUT2D eigenvalue weighted by molar-refractivity contribution is 0.0154. The molecule has 2 unspecified atom stereocenters. The zero-order valence-electron chi connectivity index (χ0n) is 12.0. The molecule has 1 fully saturated rings. The maximum atomic E-state index is 12.2. The van der Waals surface area contributed by atoms with Gasteiger partial charge in [-0.1, -0.05) is 19.4 Å². The molecule has 104 valence electrons. The highest BCUT2D eigenvalue weighted by molar-refractivity contribution is 5.92.